The lowest BCUT2D eigenvalue weighted by Crippen LogP contribution is -2.32. The lowest BCUT2D eigenvalue weighted by molar-refractivity contribution is -0.136. The highest BCUT2D eigenvalue weighted by Crippen LogP contribution is 2.28. The van der Waals surface area contributed by atoms with Gasteiger partial charge < -0.3 is 24.8 Å². The van der Waals surface area contributed by atoms with Crippen LogP contribution in [0, 0.1) is 6.92 Å². The van der Waals surface area contributed by atoms with Crippen LogP contribution in [-0.4, -0.2) is 43.8 Å². The van der Waals surface area contributed by atoms with Crippen LogP contribution in [0.1, 0.15) is 18.1 Å². The summed E-state index contributed by atoms with van der Waals surface area (Å²) in [5, 5.41) is 9.08. The zero-order valence-electron chi connectivity index (χ0n) is 21.7. The number of carbonyl (C=O) groups excluding carboxylic acids is 3. The topological polar surface area (TPSA) is 127 Å². The Morgan fingerprint density at radius 2 is 1.54 bits per heavy atom. The number of benzene rings is 3. The first-order valence-electron chi connectivity index (χ1n) is 12.1. The first-order chi connectivity index (χ1) is 18.9. The van der Waals surface area contributed by atoms with Crippen molar-refractivity contribution in [2.45, 2.75) is 13.8 Å². The molecule has 0 saturated heterocycles. The number of hydrogen-bond donors (Lipinski definition) is 3. The molecule has 0 unspecified atom stereocenters. The molecule has 0 heterocycles. The first-order valence-corrected chi connectivity index (χ1v) is 12.1. The summed E-state index contributed by atoms with van der Waals surface area (Å²) in [7, 11) is 0. The summed E-state index contributed by atoms with van der Waals surface area (Å²) in [5.41, 5.74) is 4.95. The van der Waals surface area contributed by atoms with E-state index in [-0.39, 0.29) is 12.5 Å². The van der Waals surface area contributed by atoms with Crippen LogP contribution in [-0.2, 0) is 14.4 Å². The highest BCUT2D eigenvalue weighted by Gasteiger charge is 2.13. The van der Waals surface area contributed by atoms with Crippen LogP contribution in [0.2, 0.25) is 0 Å². The third-order valence-corrected chi connectivity index (χ3v) is 5.03. The third-order valence-electron chi connectivity index (χ3n) is 5.03. The molecule has 39 heavy (non-hydrogen) atoms. The normalized spacial score (nSPS) is 10.4. The fourth-order valence-electron chi connectivity index (χ4n) is 3.16. The van der Waals surface area contributed by atoms with Gasteiger partial charge in [-0.1, -0.05) is 30.4 Å². The molecule has 202 valence electrons. The van der Waals surface area contributed by atoms with Crippen LogP contribution in [0.5, 0.6) is 17.2 Å². The SMILES string of the molecule is C=CCOc1ccc(NC(=O)C(=O)N/N=C\c2ccc(OCC(=O)Nc3ccc(C)cc3)c(OCC)c2)cc1. The Balaban J connectivity index is 1.52. The Labute approximate surface area is 226 Å². The maximum atomic E-state index is 12.3. The van der Waals surface area contributed by atoms with Gasteiger partial charge in [0.2, 0.25) is 0 Å². The van der Waals surface area contributed by atoms with Gasteiger partial charge in [0, 0.05) is 11.4 Å². The summed E-state index contributed by atoms with van der Waals surface area (Å²) in [5.74, 6) is -0.760. The minimum Gasteiger partial charge on any atom is -0.490 e. The van der Waals surface area contributed by atoms with Crippen molar-refractivity contribution in [1.29, 1.82) is 0 Å². The fraction of sp³-hybridized carbons (Fsp3) is 0.172. The van der Waals surface area contributed by atoms with Crippen molar-refractivity contribution in [3.63, 3.8) is 0 Å². The van der Waals surface area contributed by atoms with E-state index in [1.54, 1.807) is 48.5 Å². The van der Waals surface area contributed by atoms with Crippen LogP contribution in [0.15, 0.2) is 84.5 Å². The van der Waals surface area contributed by atoms with Crippen molar-refractivity contribution in [2.75, 3.05) is 30.5 Å². The minimum atomic E-state index is -0.942. The van der Waals surface area contributed by atoms with Crippen molar-refractivity contribution < 1.29 is 28.6 Å². The van der Waals surface area contributed by atoms with Crippen LogP contribution in [0.25, 0.3) is 0 Å². The van der Waals surface area contributed by atoms with E-state index >= 15 is 0 Å². The predicted molar refractivity (Wildman–Crippen MR) is 149 cm³/mol. The molecule has 10 heteroatoms. The summed E-state index contributed by atoms with van der Waals surface area (Å²) in [6, 6.07) is 18.9. The monoisotopic (exact) mass is 530 g/mol. The Bertz CT molecular complexity index is 1320. The van der Waals surface area contributed by atoms with Gasteiger partial charge in [-0.3, -0.25) is 14.4 Å². The second-order valence-electron chi connectivity index (χ2n) is 8.12. The Morgan fingerprint density at radius 3 is 2.23 bits per heavy atom. The summed E-state index contributed by atoms with van der Waals surface area (Å²) >= 11 is 0. The molecule has 3 aromatic rings. The lowest BCUT2D eigenvalue weighted by Gasteiger charge is -2.12. The molecular weight excluding hydrogens is 500 g/mol. The van der Waals surface area contributed by atoms with E-state index in [1.165, 1.54) is 6.21 Å². The van der Waals surface area contributed by atoms with Crippen molar-refractivity contribution >= 4 is 35.3 Å². The van der Waals surface area contributed by atoms with E-state index in [4.69, 9.17) is 14.2 Å². The highest BCUT2D eigenvalue weighted by molar-refractivity contribution is 6.39. The minimum absolute atomic E-state index is 0.211. The molecule has 0 aliphatic rings. The van der Waals surface area contributed by atoms with Crippen molar-refractivity contribution in [1.82, 2.24) is 5.43 Å². The van der Waals surface area contributed by atoms with E-state index in [1.807, 2.05) is 38.1 Å². The van der Waals surface area contributed by atoms with Gasteiger partial charge in [0.05, 0.1) is 12.8 Å². The van der Waals surface area contributed by atoms with E-state index < -0.39 is 11.8 Å². The van der Waals surface area contributed by atoms with Gasteiger partial charge in [0.25, 0.3) is 5.91 Å². The second kappa shape index (κ2) is 14.6. The van der Waals surface area contributed by atoms with E-state index in [0.29, 0.717) is 47.4 Å². The van der Waals surface area contributed by atoms with Crippen molar-refractivity contribution in [3.05, 3.63) is 90.5 Å². The molecule has 0 aliphatic carbocycles. The van der Waals surface area contributed by atoms with Crippen LogP contribution in [0.4, 0.5) is 11.4 Å². The number of carbonyl (C=O) groups is 3. The zero-order chi connectivity index (χ0) is 28.0. The lowest BCUT2D eigenvalue weighted by atomic mass is 10.2. The number of aryl methyl sites for hydroxylation is 1. The average molecular weight is 531 g/mol. The number of nitrogens with zero attached hydrogens (tertiary/aromatic N) is 1. The second-order valence-corrected chi connectivity index (χ2v) is 8.12. The summed E-state index contributed by atoms with van der Waals surface area (Å²) in [4.78, 5) is 36.5. The number of hydrazone groups is 1. The van der Waals surface area contributed by atoms with Gasteiger partial charge in [-0.2, -0.15) is 5.10 Å². The van der Waals surface area contributed by atoms with Gasteiger partial charge in [-0.25, -0.2) is 5.43 Å². The van der Waals surface area contributed by atoms with E-state index in [9.17, 15) is 14.4 Å². The Hall–Kier alpha value is -5.12. The van der Waals surface area contributed by atoms with E-state index in [0.717, 1.165) is 5.56 Å². The molecule has 0 bridgehead atoms. The molecule has 0 spiro atoms. The highest BCUT2D eigenvalue weighted by atomic mass is 16.5. The summed E-state index contributed by atoms with van der Waals surface area (Å²) < 4.78 is 16.6. The third kappa shape index (κ3) is 9.36. The van der Waals surface area contributed by atoms with Gasteiger partial charge in [-0.15, -0.1) is 0 Å². The molecular formula is C29H30N4O6. The van der Waals surface area contributed by atoms with Gasteiger partial charge in [0.1, 0.15) is 12.4 Å². The summed E-state index contributed by atoms with van der Waals surface area (Å²) in [6.45, 7) is 7.87. The zero-order valence-corrected chi connectivity index (χ0v) is 21.7. The Morgan fingerprint density at radius 1 is 0.846 bits per heavy atom. The van der Waals surface area contributed by atoms with Crippen molar-refractivity contribution in [2.24, 2.45) is 5.10 Å². The molecule has 3 aromatic carbocycles. The van der Waals surface area contributed by atoms with Gasteiger partial charge in [-0.05, 0) is 74.0 Å². The standard InChI is InChI=1S/C29H30N4O6/c1-4-16-38-24-13-11-23(12-14-24)32-28(35)29(36)33-30-18-21-8-15-25(26(17-21)37-5-2)39-19-27(34)31-22-9-6-20(3)7-10-22/h4,6-15,17-18H,1,5,16,19H2,2-3H3,(H,31,34)(H,32,35)(H,33,36)/b30-18-. The molecule has 0 aliphatic heterocycles. The average Bonchev–Trinajstić information content (AvgIpc) is 2.93. The van der Waals surface area contributed by atoms with E-state index in [2.05, 4.69) is 27.7 Å². The fourth-order valence-corrected chi connectivity index (χ4v) is 3.16. The summed E-state index contributed by atoms with van der Waals surface area (Å²) in [6.07, 6.45) is 2.97. The number of hydrogen-bond acceptors (Lipinski definition) is 7. The van der Waals surface area contributed by atoms with Crippen molar-refractivity contribution in [3.8, 4) is 17.2 Å². The number of anilines is 2. The maximum Gasteiger partial charge on any atom is 0.329 e. The smallest absolute Gasteiger partial charge is 0.329 e. The first kappa shape index (κ1) is 28.5. The van der Waals surface area contributed by atoms with Gasteiger partial charge >= 0.3 is 11.8 Å². The molecule has 3 rings (SSSR count). The van der Waals surface area contributed by atoms with Gasteiger partial charge in [0.15, 0.2) is 18.1 Å². The predicted octanol–water partition coefficient (Wildman–Crippen LogP) is 4.06. The molecule has 0 aromatic heterocycles. The quantitative estimate of drug-likeness (QED) is 0.140. The van der Waals surface area contributed by atoms with Crippen LogP contribution in [0.3, 0.4) is 0 Å². The number of ether oxygens (including phenoxy) is 3. The molecule has 0 radical (unpaired) electrons. The largest absolute Gasteiger partial charge is 0.490 e. The molecule has 0 saturated carbocycles. The molecule has 3 amide bonds. The molecule has 0 atom stereocenters. The number of nitrogens with one attached hydrogen (secondary N) is 3. The molecule has 0 fully saturated rings. The van der Waals surface area contributed by atoms with Crippen LogP contribution < -0.4 is 30.3 Å². The number of amides is 3. The van der Waals surface area contributed by atoms with Crippen LogP contribution >= 0.6 is 0 Å². The maximum absolute atomic E-state index is 12.3. The molecule has 10 nitrogen and oxygen atoms in total. The Kier molecular flexibility index (Phi) is 10.6. The molecule has 3 N–H and O–H groups in total. The number of rotatable bonds is 12.